The molecule has 1 aliphatic carbocycles. The summed E-state index contributed by atoms with van der Waals surface area (Å²) in [6.45, 7) is 7.04. The van der Waals surface area contributed by atoms with Crippen molar-refractivity contribution in [3.05, 3.63) is 35.1 Å². The van der Waals surface area contributed by atoms with E-state index in [9.17, 15) is 4.39 Å². The van der Waals surface area contributed by atoms with Gasteiger partial charge in [-0.1, -0.05) is 26.0 Å². The fraction of sp³-hybridized carbons (Fsp3) is 0.625. The molecule has 19 heavy (non-hydrogen) atoms. The van der Waals surface area contributed by atoms with Crippen molar-refractivity contribution in [2.45, 2.75) is 45.8 Å². The maximum atomic E-state index is 13.9. The van der Waals surface area contributed by atoms with E-state index in [0.29, 0.717) is 12.0 Å². The average Bonchev–Trinajstić information content (AvgIpc) is 3.16. The van der Waals surface area contributed by atoms with Crippen LogP contribution in [0.25, 0.3) is 0 Å². The van der Waals surface area contributed by atoms with E-state index >= 15 is 0 Å². The summed E-state index contributed by atoms with van der Waals surface area (Å²) < 4.78 is 13.9. The highest BCUT2D eigenvalue weighted by molar-refractivity contribution is 5.25. The minimum atomic E-state index is -0.0748. The van der Waals surface area contributed by atoms with E-state index in [0.717, 1.165) is 30.8 Å². The minimum Gasteiger partial charge on any atom is -0.316 e. The van der Waals surface area contributed by atoms with Crippen LogP contribution in [0.5, 0.6) is 0 Å². The Bertz CT molecular complexity index is 413. The molecule has 1 aromatic carbocycles. The van der Waals surface area contributed by atoms with Crippen LogP contribution >= 0.6 is 0 Å². The maximum absolute atomic E-state index is 13.9. The van der Waals surface area contributed by atoms with Gasteiger partial charge in [-0.15, -0.1) is 0 Å². The number of halogens is 1. The zero-order valence-electron chi connectivity index (χ0n) is 12.2. The molecule has 0 unspecified atom stereocenters. The molecule has 0 spiro atoms. The van der Waals surface area contributed by atoms with Crippen LogP contribution in [0, 0.1) is 11.7 Å². The summed E-state index contributed by atoms with van der Waals surface area (Å²) in [5, 5.41) is 3.12. The van der Waals surface area contributed by atoms with Crippen molar-refractivity contribution < 1.29 is 4.39 Å². The van der Waals surface area contributed by atoms with Crippen molar-refractivity contribution in [3.8, 4) is 0 Å². The van der Waals surface area contributed by atoms with Crippen molar-refractivity contribution in [1.29, 1.82) is 0 Å². The molecule has 2 nitrogen and oxygen atoms in total. The monoisotopic (exact) mass is 264 g/mol. The molecule has 1 aliphatic rings. The largest absolute Gasteiger partial charge is 0.316 e. The molecule has 0 saturated heterocycles. The average molecular weight is 264 g/mol. The first-order chi connectivity index (χ1) is 9.10. The first-order valence-corrected chi connectivity index (χ1v) is 7.26. The third-order valence-corrected chi connectivity index (χ3v) is 3.53. The van der Waals surface area contributed by atoms with E-state index < -0.39 is 0 Å². The normalized spacial score (nSPS) is 15.5. The van der Waals surface area contributed by atoms with E-state index in [-0.39, 0.29) is 5.82 Å². The lowest BCUT2D eigenvalue weighted by Crippen LogP contribution is -2.30. The van der Waals surface area contributed by atoms with Crippen molar-refractivity contribution in [2.24, 2.45) is 5.92 Å². The molecule has 0 heterocycles. The first kappa shape index (κ1) is 14.5. The second kappa shape index (κ2) is 6.49. The van der Waals surface area contributed by atoms with Gasteiger partial charge in [0.2, 0.25) is 0 Å². The van der Waals surface area contributed by atoms with Crippen molar-refractivity contribution in [2.75, 3.05) is 13.6 Å². The van der Waals surface area contributed by atoms with Crippen LogP contribution in [0.2, 0.25) is 0 Å². The van der Waals surface area contributed by atoms with Gasteiger partial charge in [-0.2, -0.15) is 0 Å². The highest BCUT2D eigenvalue weighted by atomic mass is 19.1. The third-order valence-electron chi connectivity index (χ3n) is 3.53. The Morgan fingerprint density at radius 2 is 2.11 bits per heavy atom. The number of nitrogens with one attached hydrogen (secondary N) is 1. The lowest BCUT2D eigenvalue weighted by Gasteiger charge is -2.24. The van der Waals surface area contributed by atoms with Crippen molar-refractivity contribution >= 4 is 0 Å². The van der Waals surface area contributed by atoms with Gasteiger partial charge in [0.25, 0.3) is 0 Å². The van der Waals surface area contributed by atoms with Crippen LogP contribution in [-0.4, -0.2) is 24.5 Å². The maximum Gasteiger partial charge on any atom is 0.127 e. The molecule has 0 amide bonds. The SMILES string of the molecule is CNCc1ccc(F)c(CN(CC(C)C)C2CC2)c1. The zero-order chi connectivity index (χ0) is 13.8. The van der Waals surface area contributed by atoms with Gasteiger partial charge < -0.3 is 5.32 Å². The molecular weight excluding hydrogens is 239 g/mol. The lowest BCUT2D eigenvalue weighted by atomic mass is 10.1. The zero-order valence-corrected chi connectivity index (χ0v) is 12.2. The summed E-state index contributed by atoms with van der Waals surface area (Å²) in [6, 6.07) is 6.14. The molecule has 3 heteroatoms. The van der Waals surface area contributed by atoms with Crippen molar-refractivity contribution in [3.63, 3.8) is 0 Å². The van der Waals surface area contributed by atoms with Gasteiger partial charge in [-0.25, -0.2) is 4.39 Å². The van der Waals surface area contributed by atoms with Crippen LogP contribution in [0.1, 0.15) is 37.8 Å². The Morgan fingerprint density at radius 3 is 2.68 bits per heavy atom. The lowest BCUT2D eigenvalue weighted by molar-refractivity contribution is 0.223. The number of nitrogens with zero attached hydrogens (tertiary/aromatic N) is 1. The van der Waals surface area contributed by atoms with Crippen LogP contribution < -0.4 is 5.32 Å². The Labute approximate surface area is 116 Å². The Morgan fingerprint density at radius 1 is 1.37 bits per heavy atom. The second-order valence-corrected chi connectivity index (χ2v) is 6.01. The van der Waals surface area contributed by atoms with Crippen LogP contribution in [-0.2, 0) is 13.1 Å². The molecule has 1 saturated carbocycles. The van der Waals surface area contributed by atoms with Crippen molar-refractivity contribution in [1.82, 2.24) is 10.2 Å². The number of hydrogen-bond acceptors (Lipinski definition) is 2. The molecule has 2 rings (SSSR count). The fourth-order valence-corrected chi connectivity index (χ4v) is 2.53. The van der Waals surface area contributed by atoms with E-state index in [1.165, 1.54) is 12.8 Å². The second-order valence-electron chi connectivity index (χ2n) is 6.01. The molecular formula is C16H25FN2. The summed E-state index contributed by atoms with van der Waals surface area (Å²) in [7, 11) is 1.91. The molecule has 106 valence electrons. The summed E-state index contributed by atoms with van der Waals surface area (Å²) in [5.74, 6) is 0.554. The highest BCUT2D eigenvalue weighted by Crippen LogP contribution is 2.29. The molecule has 0 radical (unpaired) electrons. The summed E-state index contributed by atoms with van der Waals surface area (Å²) in [4.78, 5) is 2.44. The van der Waals surface area contributed by atoms with E-state index in [1.807, 2.05) is 19.2 Å². The van der Waals surface area contributed by atoms with Crippen LogP contribution in [0.4, 0.5) is 4.39 Å². The highest BCUT2D eigenvalue weighted by Gasteiger charge is 2.29. The third kappa shape index (κ3) is 4.29. The van der Waals surface area contributed by atoms with E-state index in [1.54, 1.807) is 6.07 Å². The van der Waals surface area contributed by atoms with Gasteiger partial charge in [0.15, 0.2) is 0 Å². The molecule has 1 N–H and O–H groups in total. The predicted molar refractivity (Wildman–Crippen MR) is 77.4 cm³/mol. The first-order valence-electron chi connectivity index (χ1n) is 7.26. The number of benzene rings is 1. The van der Waals surface area contributed by atoms with Crippen LogP contribution in [0.15, 0.2) is 18.2 Å². The van der Waals surface area contributed by atoms with Gasteiger partial charge >= 0.3 is 0 Å². The van der Waals surface area contributed by atoms with Gasteiger partial charge in [0.05, 0.1) is 0 Å². The Balaban J connectivity index is 2.08. The topological polar surface area (TPSA) is 15.3 Å². The number of rotatable bonds is 7. The molecule has 0 aromatic heterocycles. The van der Waals surface area contributed by atoms with E-state index in [4.69, 9.17) is 0 Å². The van der Waals surface area contributed by atoms with Gasteiger partial charge in [-0.05, 0) is 37.4 Å². The van der Waals surface area contributed by atoms with Gasteiger partial charge in [0, 0.05) is 31.2 Å². The van der Waals surface area contributed by atoms with E-state index in [2.05, 4.69) is 24.1 Å². The fourth-order valence-electron chi connectivity index (χ4n) is 2.53. The molecule has 1 aromatic rings. The Kier molecular flexibility index (Phi) is 4.94. The summed E-state index contributed by atoms with van der Waals surface area (Å²) in [5.41, 5.74) is 1.99. The summed E-state index contributed by atoms with van der Waals surface area (Å²) in [6.07, 6.45) is 2.54. The minimum absolute atomic E-state index is 0.0748. The van der Waals surface area contributed by atoms with Gasteiger partial charge in [-0.3, -0.25) is 4.90 Å². The summed E-state index contributed by atoms with van der Waals surface area (Å²) >= 11 is 0. The molecule has 0 atom stereocenters. The number of hydrogen-bond donors (Lipinski definition) is 1. The quantitative estimate of drug-likeness (QED) is 0.814. The molecule has 0 bridgehead atoms. The predicted octanol–water partition coefficient (Wildman–Crippen LogP) is 3.17. The standard InChI is InChI=1S/C16H25FN2/c1-12(2)10-19(15-5-6-15)11-14-8-13(9-18-3)4-7-16(14)17/h4,7-8,12,15,18H,5-6,9-11H2,1-3H3. The van der Waals surface area contributed by atoms with Gasteiger partial charge in [0.1, 0.15) is 5.82 Å². The smallest absolute Gasteiger partial charge is 0.127 e. The van der Waals surface area contributed by atoms with Crippen LogP contribution in [0.3, 0.4) is 0 Å². The molecule has 0 aliphatic heterocycles. The Hall–Kier alpha value is -0.930. The molecule has 1 fully saturated rings.